The van der Waals surface area contributed by atoms with Gasteiger partial charge < -0.3 is 15.5 Å². The molecule has 1 unspecified atom stereocenters. The molecular formula is C16H24F3N3O. The number of alkyl halides is 3. The van der Waals surface area contributed by atoms with Gasteiger partial charge in [-0.05, 0) is 37.7 Å². The van der Waals surface area contributed by atoms with E-state index < -0.39 is 12.1 Å². The van der Waals surface area contributed by atoms with E-state index in [1.807, 2.05) is 25.5 Å². The van der Waals surface area contributed by atoms with E-state index in [0.717, 1.165) is 12.1 Å². The molecule has 0 aliphatic rings. The summed E-state index contributed by atoms with van der Waals surface area (Å²) in [4.78, 5) is 13.0. The number of amides is 1. The first-order valence-electron chi connectivity index (χ1n) is 7.45. The Morgan fingerprint density at radius 2 is 1.91 bits per heavy atom. The van der Waals surface area contributed by atoms with Crippen molar-refractivity contribution in [1.29, 1.82) is 0 Å². The van der Waals surface area contributed by atoms with Crippen molar-refractivity contribution in [3.05, 3.63) is 29.8 Å². The van der Waals surface area contributed by atoms with Gasteiger partial charge in [0.05, 0.1) is 0 Å². The highest BCUT2D eigenvalue weighted by atomic mass is 19.4. The second-order valence-corrected chi connectivity index (χ2v) is 6.15. The third-order valence-electron chi connectivity index (χ3n) is 3.38. The first kappa shape index (κ1) is 19.4. The van der Waals surface area contributed by atoms with Crippen LogP contribution < -0.4 is 10.6 Å². The molecular weight excluding hydrogens is 307 g/mol. The summed E-state index contributed by atoms with van der Waals surface area (Å²) >= 11 is 0. The monoisotopic (exact) mass is 331 g/mol. The Balaban J connectivity index is 2.68. The first-order valence-corrected chi connectivity index (χ1v) is 7.45. The fraction of sp³-hybridized carbons (Fsp3) is 0.562. The largest absolute Gasteiger partial charge is 0.471 e. The van der Waals surface area contributed by atoms with E-state index in [-0.39, 0.29) is 11.7 Å². The molecule has 130 valence electrons. The minimum absolute atomic E-state index is 0.139. The number of likely N-dealkylation sites (N-methyl/N-ethyl adjacent to an activating group) is 1. The number of nitrogens with one attached hydrogen (secondary N) is 2. The lowest BCUT2D eigenvalue weighted by molar-refractivity contribution is -0.167. The minimum Gasteiger partial charge on any atom is -0.318 e. The lowest BCUT2D eigenvalue weighted by atomic mass is 10.0. The summed E-state index contributed by atoms with van der Waals surface area (Å²) in [6.45, 7) is 5.61. The molecule has 1 aromatic carbocycles. The summed E-state index contributed by atoms with van der Waals surface area (Å²) in [5.74, 6) is -1.54. The lowest BCUT2D eigenvalue weighted by Gasteiger charge is -2.26. The Morgan fingerprint density at radius 3 is 2.43 bits per heavy atom. The number of halogens is 3. The van der Waals surface area contributed by atoms with Crippen molar-refractivity contribution >= 4 is 11.6 Å². The average molecular weight is 331 g/mol. The van der Waals surface area contributed by atoms with Crippen LogP contribution in [0, 0.1) is 5.92 Å². The summed E-state index contributed by atoms with van der Waals surface area (Å²) in [5, 5.41) is 5.27. The van der Waals surface area contributed by atoms with E-state index in [4.69, 9.17) is 0 Å². The zero-order valence-corrected chi connectivity index (χ0v) is 13.9. The molecule has 0 fully saturated rings. The Hall–Kier alpha value is -1.60. The Bertz CT molecular complexity index is 516. The van der Waals surface area contributed by atoms with Crippen LogP contribution in [0.2, 0.25) is 0 Å². The van der Waals surface area contributed by atoms with Gasteiger partial charge in [0, 0.05) is 24.8 Å². The molecule has 23 heavy (non-hydrogen) atoms. The van der Waals surface area contributed by atoms with Crippen LogP contribution in [0.4, 0.5) is 18.9 Å². The van der Waals surface area contributed by atoms with Crippen LogP contribution in [0.15, 0.2) is 24.3 Å². The van der Waals surface area contributed by atoms with Gasteiger partial charge in [0.25, 0.3) is 0 Å². The normalized spacial score (nSPS) is 13.4. The molecule has 0 saturated carbocycles. The van der Waals surface area contributed by atoms with E-state index in [0.29, 0.717) is 12.5 Å². The number of benzene rings is 1. The molecule has 0 aliphatic carbocycles. The summed E-state index contributed by atoms with van der Waals surface area (Å²) in [6, 6.07) is 6.68. The third-order valence-corrected chi connectivity index (χ3v) is 3.38. The number of hydrogen-bond acceptors (Lipinski definition) is 3. The number of rotatable bonds is 7. The maximum atomic E-state index is 12.3. The summed E-state index contributed by atoms with van der Waals surface area (Å²) in [5.41, 5.74) is 0.953. The second kappa shape index (κ2) is 8.31. The average Bonchev–Trinajstić information content (AvgIpc) is 2.42. The third kappa shape index (κ3) is 7.00. The number of carbonyl (C=O) groups is 1. The van der Waals surface area contributed by atoms with Gasteiger partial charge in [0.1, 0.15) is 0 Å². The van der Waals surface area contributed by atoms with E-state index in [1.54, 1.807) is 12.1 Å². The standard InChI is InChI=1S/C16H24F3N3O/c1-11(2)14(10-22(3)4)20-9-12-6-5-7-13(8-12)21-15(23)16(17,18)19/h5-8,11,14,20H,9-10H2,1-4H3,(H,21,23). The van der Waals surface area contributed by atoms with Crippen LogP contribution in [0.5, 0.6) is 0 Å². The molecule has 0 aromatic heterocycles. The molecule has 0 spiro atoms. The van der Waals surface area contributed by atoms with Gasteiger partial charge in [0.2, 0.25) is 0 Å². The number of hydrogen-bond donors (Lipinski definition) is 2. The van der Waals surface area contributed by atoms with Crippen molar-refractivity contribution in [2.24, 2.45) is 5.92 Å². The van der Waals surface area contributed by atoms with Gasteiger partial charge in [-0.1, -0.05) is 26.0 Å². The molecule has 0 radical (unpaired) electrons. The van der Waals surface area contributed by atoms with E-state index in [2.05, 4.69) is 24.1 Å². The molecule has 2 N–H and O–H groups in total. The van der Waals surface area contributed by atoms with Crippen LogP contribution in [-0.2, 0) is 11.3 Å². The zero-order chi connectivity index (χ0) is 17.6. The van der Waals surface area contributed by atoms with E-state index in [1.165, 1.54) is 6.07 Å². The zero-order valence-electron chi connectivity index (χ0n) is 13.9. The molecule has 0 bridgehead atoms. The molecule has 0 heterocycles. The van der Waals surface area contributed by atoms with Crippen molar-refractivity contribution in [1.82, 2.24) is 10.2 Å². The van der Waals surface area contributed by atoms with Gasteiger partial charge in [-0.3, -0.25) is 4.79 Å². The van der Waals surface area contributed by atoms with Crippen LogP contribution in [-0.4, -0.2) is 43.7 Å². The Labute approximate surface area is 135 Å². The smallest absolute Gasteiger partial charge is 0.318 e. The fourth-order valence-corrected chi connectivity index (χ4v) is 2.11. The fourth-order valence-electron chi connectivity index (χ4n) is 2.11. The van der Waals surface area contributed by atoms with Crippen LogP contribution in [0.1, 0.15) is 19.4 Å². The van der Waals surface area contributed by atoms with Crippen molar-refractivity contribution in [2.75, 3.05) is 26.0 Å². The maximum Gasteiger partial charge on any atom is 0.471 e. The highest BCUT2D eigenvalue weighted by Crippen LogP contribution is 2.19. The summed E-state index contributed by atoms with van der Waals surface area (Å²) < 4.78 is 36.8. The Morgan fingerprint density at radius 1 is 1.26 bits per heavy atom. The molecule has 1 aromatic rings. The quantitative estimate of drug-likeness (QED) is 0.807. The second-order valence-electron chi connectivity index (χ2n) is 6.15. The van der Waals surface area contributed by atoms with E-state index in [9.17, 15) is 18.0 Å². The first-order chi connectivity index (χ1) is 10.6. The molecule has 7 heteroatoms. The highest BCUT2D eigenvalue weighted by molar-refractivity contribution is 5.94. The van der Waals surface area contributed by atoms with Crippen molar-refractivity contribution in [3.63, 3.8) is 0 Å². The summed E-state index contributed by atoms with van der Waals surface area (Å²) in [6.07, 6.45) is -4.89. The van der Waals surface area contributed by atoms with E-state index >= 15 is 0 Å². The van der Waals surface area contributed by atoms with Crippen molar-refractivity contribution < 1.29 is 18.0 Å². The van der Waals surface area contributed by atoms with Crippen molar-refractivity contribution in [3.8, 4) is 0 Å². The number of anilines is 1. The van der Waals surface area contributed by atoms with Gasteiger partial charge in [-0.2, -0.15) is 13.2 Å². The van der Waals surface area contributed by atoms with Crippen LogP contribution >= 0.6 is 0 Å². The topological polar surface area (TPSA) is 44.4 Å². The predicted molar refractivity (Wildman–Crippen MR) is 85.1 cm³/mol. The van der Waals surface area contributed by atoms with Crippen LogP contribution in [0.3, 0.4) is 0 Å². The highest BCUT2D eigenvalue weighted by Gasteiger charge is 2.38. The lowest BCUT2D eigenvalue weighted by Crippen LogP contribution is -2.41. The molecule has 0 saturated heterocycles. The van der Waals surface area contributed by atoms with Crippen LogP contribution in [0.25, 0.3) is 0 Å². The van der Waals surface area contributed by atoms with Gasteiger partial charge in [0.15, 0.2) is 0 Å². The minimum atomic E-state index is -4.89. The maximum absolute atomic E-state index is 12.3. The molecule has 1 amide bonds. The SMILES string of the molecule is CC(C)C(CN(C)C)NCc1cccc(NC(=O)C(F)(F)F)c1. The Kier molecular flexibility index (Phi) is 7.02. The molecule has 1 rings (SSSR count). The number of carbonyl (C=O) groups excluding carboxylic acids is 1. The number of nitrogens with zero attached hydrogens (tertiary/aromatic N) is 1. The van der Waals surface area contributed by atoms with Gasteiger partial charge >= 0.3 is 12.1 Å². The van der Waals surface area contributed by atoms with Gasteiger partial charge in [-0.25, -0.2) is 0 Å². The molecule has 0 aliphatic heterocycles. The molecule has 4 nitrogen and oxygen atoms in total. The molecule has 1 atom stereocenters. The van der Waals surface area contributed by atoms with Crippen molar-refractivity contribution in [2.45, 2.75) is 32.6 Å². The van der Waals surface area contributed by atoms with Gasteiger partial charge in [-0.15, -0.1) is 0 Å². The summed E-state index contributed by atoms with van der Waals surface area (Å²) in [7, 11) is 3.98. The predicted octanol–water partition coefficient (Wildman–Crippen LogP) is 2.86.